The van der Waals surface area contributed by atoms with Crippen LogP contribution < -0.4 is 20.4 Å². The zero-order valence-electron chi connectivity index (χ0n) is 19.3. The molecular formula is C26H34O4Ti. The van der Waals surface area contributed by atoms with Crippen molar-refractivity contribution < 1.29 is 42.1 Å². The fourth-order valence-electron chi connectivity index (χ4n) is 4.16. The van der Waals surface area contributed by atoms with Crippen LogP contribution in [0.5, 0.6) is 11.5 Å². The first-order valence-corrected chi connectivity index (χ1v) is 11.2. The van der Waals surface area contributed by atoms with Crippen LogP contribution in [0.3, 0.4) is 0 Å². The Hall–Kier alpha value is -1.33. The van der Waals surface area contributed by atoms with Crippen molar-refractivity contribution in [3.8, 4) is 22.6 Å². The summed E-state index contributed by atoms with van der Waals surface area (Å²) in [5, 5.41) is 44.2. The van der Waals surface area contributed by atoms with Crippen LogP contribution in [-0.4, -0.2) is 12.2 Å². The summed E-state index contributed by atoms with van der Waals surface area (Å²) in [5.74, 6) is 0.0495. The fraction of sp³-hybridized carbons (Fsp3) is 0.538. The molecule has 0 aromatic heterocycles. The van der Waals surface area contributed by atoms with Gasteiger partial charge >= 0.3 is 21.7 Å². The Morgan fingerprint density at radius 1 is 0.581 bits per heavy atom. The van der Waals surface area contributed by atoms with E-state index in [9.17, 15) is 20.4 Å². The molecule has 2 aromatic rings. The zero-order chi connectivity index (χ0) is 22.3. The van der Waals surface area contributed by atoms with Gasteiger partial charge in [-0.2, -0.15) is 0 Å². The van der Waals surface area contributed by atoms with E-state index < -0.39 is 12.2 Å². The molecule has 5 heteroatoms. The van der Waals surface area contributed by atoms with Crippen molar-refractivity contribution in [3.63, 3.8) is 0 Å². The van der Waals surface area contributed by atoms with E-state index in [1.165, 1.54) is 24.0 Å². The molecule has 0 N–H and O–H groups in total. The predicted molar refractivity (Wildman–Crippen MR) is 114 cm³/mol. The third kappa shape index (κ3) is 7.95. The van der Waals surface area contributed by atoms with Gasteiger partial charge in [-0.15, -0.1) is 23.7 Å². The Morgan fingerprint density at radius 3 is 1.19 bits per heavy atom. The normalized spacial score (nSPS) is 14.3. The maximum atomic E-state index is 12.6. The van der Waals surface area contributed by atoms with Crippen molar-refractivity contribution >= 4 is 0 Å². The Bertz CT molecular complexity index is 756. The van der Waals surface area contributed by atoms with Gasteiger partial charge in [-0.25, -0.2) is 0 Å². The van der Waals surface area contributed by atoms with Crippen LogP contribution >= 0.6 is 0 Å². The summed E-state index contributed by atoms with van der Waals surface area (Å²) in [5.41, 5.74) is 6.29. The molecule has 0 saturated carbocycles. The molecule has 0 unspecified atom stereocenters. The van der Waals surface area contributed by atoms with E-state index in [0.717, 1.165) is 60.8 Å². The Morgan fingerprint density at radius 2 is 0.871 bits per heavy atom. The summed E-state index contributed by atoms with van der Waals surface area (Å²) in [4.78, 5) is 0. The molecule has 0 spiro atoms. The van der Waals surface area contributed by atoms with E-state index in [1.807, 2.05) is 12.1 Å². The van der Waals surface area contributed by atoms with E-state index in [4.69, 9.17) is 0 Å². The van der Waals surface area contributed by atoms with Gasteiger partial charge in [0.2, 0.25) is 0 Å². The average molecular weight is 458 g/mol. The smallest absolute Gasteiger partial charge is 0.872 e. The van der Waals surface area contributed by atoms with Gasteiger partial charge in [0.1, 0.15) is 0 Å². The fourth-order valence-corrected chi connectivity index (χ4v) is 4.16. The second kappa shape index (κ2) is 13.3. The average Bonchev–Trinajstić information content (AvgIpc) is 2.68. The molecule has 0 radical (unpaired) electrons. The topological polar surface area (TPSA) is 92.2 Å². The summed E-state index contributed by atoms with van der Waals surface area (Å²) in [6, 6.07) is 7.28. The molecule has 0 fully saturated rings. The quantitative estimate of drug-likeness (QED) is 0.615. The summed E-state index contributed by atoms with van der Waals surface area (Å²) in [7, 11) is 0. The standard InChI is InChI=1S/C20H22O2.2C3H7O.Ti/c21-17-11-9-13-5-1-3-7-15(13)19(17)20-16-8-4-2-6-14(16)10-12-18(20)22;2*1-3(2)4;/h9-12,21-22H,1-8H2;2*3H,1-2H3;/q;2*-1;+4/p-2. The third-order valence-electron chi connectivity index (χ3n) is 5.24. The van der Waals surface area contributed by atoms with Gasteiger partial charge in [-0.1, -0.05) is 52.0 Å². The summed E-state index contributed by atoms with van der Waals surface area (Å²) >= 11 is 0. The molecule has 0 bridgehead atoms. The minimum absolute atomic E-state index is 0. The number of hydrogen-bond acceptors (Lipinski definition) is 4. The summed E-state index contributed by atoms with van der Waals surface area (Å²) < 4.78 is 0. The van der Waals surface area contributed by atoms with Crippen LogP contribution in [0.4, 0.5) is 0 Å². The molecule has 166 valence electrons. The van der Waals surface area contributed by atoms with Crippen LogP contribution in [0.25, 0.3) is 11.1 Å². The minimum Gasteiger partial charge on any atom is -0.872 e. The number of aryl methyl sites for hydroxylation is 2. The molecule has 0 aliphatic heterocycles. The summed E-state index contributed by atoms with van der Waals surface area (Å²) in [6.07, 6.45) is 7.70. The van der Waals surface area contributed by atoms with Crippen LogP contribution in [0.15, 0.2) is 24.3 Å². The first-order chi connectivity index (χ1) is 14.2. The second-order valence-corrected chi connectivity index (χ2v) is 8.66. The number of hydrogen-bond donors (Lipinski definition) is 0. The van der Waals surface area contributed by atoms with Gasteiger partial charge in [0.25, 0.3) is 0 Å². The molecule has 0 heterocycles. The van der Waals surface area contributed by atoms with E-state index in [1.54, 1.807) is 39.8 Å². The molecule has 4 nitrogen and oxygen atoms in total. The molecule has 0 atom stereocenters. The number of benzene rings is 2. The van der Waals surface area contributed by atoms with Crippen LogP contribution in [0.2, 0.25) is 0 Å². The molecular weight excluding hydrogens is 424 g/mol. The molecule has 31 heavy (non-hydrogen) atoms. The monoisotopic (exact) mass is 458 g/mol. The molecule has 2 aliphatic rings. The van der Waals surface area contributed by atoms with E-state index in [0.29, 0.717) is 0 Å². The third-order valence-corrected chi connectivity index (χ3v) is 5.24. The van der Waals surface area contributed by atoms with E-state index in [-0.39, 0.29) is 33.2 Å². The van der Waals surface area contributed by atoms with Crippen LogP contribution in [0, 0.1) is 0 Å². The molecule has 2 aromatic carbocycles. The van der Waals surface area contributed by atoms with E-state index >= 15 is 0 Å². The Labute approximate surface area is 202 Å². The van der Waals surface area contributed by atoms with Gasteiger partial charge in [-0.05, 0) is 84.7 Å². The first-order valence-electron chi connectivity index (χ1n) is 11.2. The van der Waals surface area contributed by atoms with Gasteiger partial charge < -0.3 is 20.4 Å². The van der Waals surface area contributed by atoms with Crippen molar-refractivity contribution in [1.82, 2.24) is 0 Å². The second-order valence-electron chi connectivity index (χ2n) is 8.66. The SMILES string of the molecule is CC(C)[O-].CC(C)[O-].[O-]c1ccc2c(c1-c1c([O-])ccc3c1CCCC3)CCCC2.[Ti+4]. The molecule has 4 rings (SSSR count). The molecule has 0 saturated heterocycles. The molecule has 2 aliphatic carbocycles. The van der Waals surface area contributed by atoms with Crippen molar-refractivity contribution in [1.29, 1.82) is 0 Å². The van der Waals surface area contributed by atoms with Crippen LogP contribution in [0.1, 0.15) is 75.6 Å². The number of rotatable bonds is 1. The zero-order valence-corrected chi connectivity index (χ0v) is 20.8. The predicted octanol–water partition coefficient (Wildman–Crippen LogP) is 2.77. The minimum atomic E-state index is -0.417. The van der Waals surface area contributed by atoms with Gasteiger partial charge in [0, 0.05) is 0 Å². The van der Waals surface area contributed by atoms with E-state index in [2.05, 4.69) is 0 Å². The maximum absolute atomic E-state index is 12.6. The molecule has 0 amide bonds. The Kier molecular flexibility index (Phi) is 11.9. The van der Waals surface area contributed by atoms with Crippen molar-refractivity contribution in [3.05, 3.63) is 46.5 Å². The van der Waals surface area contributed by atoms with Gasteiger partial charge in [0.05, 0.1) is 0 Å². The van der Waals surface area contributed by atoms with Crippen molar-refractivity contribution in [2.45, 2.75) is 91.3 Å². The van der Waals surface area contributed by atoms with Crippen molar-refractivity contribution in [2.24, 2.45) is 0 Å². The van der Waals surface area contributed by atoms with Gasteiger partial charge in [0.15, 0.2) is 0 Å². The van der Waals surface area contributed by atoms with Crippen LogP contribution in [-0.2, 0) is 47.4 Å². The first kappa shape index (κ1) is 27.7. The Balaban J connectivity index is 0.000000465. The maximum Gasteiger partial charge on any atom is 4.00 e. The van der Waals surface area contributed by atoms with Crippen molar-refractivity contribution in [2.75, 3.05) is 0 Å². The van der Waals surface area contributed by atoms with Gasteiger partial charge in [-0.3, -0.25) is 0 Å². The largest absolute Gasteiger partial charge is 4.00 e. The summed E-state index contributed by atoms with van der Waals surface area (Å²) in [6.45, 7) is 6.44. The number of fused-ring (bicyclic) bond motifs is 2.